The van der Waals surface area contributed by atoms with Gasteiger partial charge in [-0.3, -0.25) is 0 Å². The molecular weight excluding hydrogens is 418 g/mol. The number of hydrogen-bond acceptors (Lipinski definition) is 6. The molecule has 3 aliphatic rings. The Morgan fingerprint density at radius 3 is 2.61 bits per heavy atom. The number of likely N-dealkylation sites (tertiary alicyclic amines) is 1. The molecule has 6 heteroatoms. The van der Waals surface area contributed by atoms with Crippen molar-refractivity contribution < 1.29 is 24.4 Å². The van der Waals surface area contributed by atoms with Crippen LogP contribution >= 0.6 is 0 Å². The van der Waals surface area contributed by atoms with E-state index in [9.17, 15) is 10.2 Å². The van der Waals surface area contributed by atoms with Gasteiger partial charge in [0.1, 0.15) is 24.6 Å². The lowest BCUT2D eigenvalue weighted by molar-refractivity contribution is -0.0577. The summed E-state index contributed by atoms with van der Waals surface area (Å²) >= 11 is 0. The van der Waals surface area contributed by atoms with Crippen LogP contribution in [0.25, 0.3) is 10.8 Å². The fourth-order valence-electron chi connectivity index (χ4n) is 5.42. The van der Waals surface area contributed by atoms with Crippen molar-refractivity contribution in [2.24, 2.45) is 0 Å². The second-order valence-corrected chi connectivity index (χ2v) is 9.43. The average molecular weight is 448 g/mol. The lowest BCUT2D eigenvalue weighted by atomic mass is 9.81. The molecule has 6 rings (SSSR count). The molecule has 0 saturated carbocycles. The van der Waals surface area contributed by atoms with Crippen molar-refractivity contribution >= 4 is 10.8 Å². The van der Waals surface area contributed by atoms with Gasteiger partial charge in [0.15, 0.2) is 11.5 Å². The van der Waals surface area contributed by atoms with Gasteiger partial charge in [-0.15, -0.1) is 0 Å². The van der Waals surface area contributed by atoms with E-state index in [4.69, 9.17) is 14.2 Å². The summed E-state index contributed by atoms with van der Waals surface area (Å²) in [6.07, 6.45) is 1.13. The highest BCUT2D eigenvalue weighted by atomic mass is 16.6. The Kier molecular flexibility index (Phi) is 5.17. The lowest BCUT2D eigenvalue weighted by Crippen LogP contribution is -2.51. The summed E-state index contributed by atoms with van der Waals surface area (Å²) in [5.74, 6) is 2.26. The first-order valence-corrected chi connectivity index (χ1v) is 11.8. The topological polar surface area (TPSA) is 71.4 Å². The number of piperidine rings is 1. The van der Waals surface area contributed by atoms with Crippen LogP contribution in [0.1, 0.15) is 42.6 Å². The highest BCUT2D eigenvalue weighted by molar-refractivity contribution is 5.90. The van der Waals surface area contributed by atoms with Crippen molar-refractivity contribution in [3.63, 3.8) is 0 Å². The van der Waals surface area contributed by atoms with Crippen LogP contribution in [0.5, 0.6) is 17.2 Å². The number of aliphatic hydroxyl groups excluding tert-OH is 2. The fraction of sp³-hybridized carbons (Fsp3) is 0.407. The first-order valence-electron chi connectivity index (χ1n) is 11.8. The number of fused-ring (bicyclic) bond motifs is 4. The van der Waals surface area contributed by atoms with E-state index in [0.29, 0.717) is 31.9 Å². The van der Waals surface area contributed by atoms with Crippen LogP contribution in [-0.2, 0) is 0 Å². The molecule has 2 atom stereocenters. The SMILES string of the molecule is O[C@H](CN1CCC2(CC1)C[C@@H](O)c1ccc3ccccc3c1O2)c1ccc2c(c1)OCCO2. The molecule has 6 nitrogen and oxygen atoms in total. The lowest BCUT2D eigenvalue weighted by Gasteiger charge is -2.46. The Bertz CT molecular complexity index is 1170. The Morgan fingerprint density at radius 1 is 0.970 bits per heavy atom. The van der Waals surface area contributed by atoms with Gasteiger partial charge >= 0.3 is 0 Å². The van der Waals surface area contributed by atoms with Crippen LogP contribution in [0.2, 0.25) is 0 Å². The zero-order valence-corrected chi connectivity index (χ0v) is 18.6. The zero-order chi connectivity index (χ0) is 22.4. The molecule has 3 aliphatic heterocycles. The second kappa shape index (κ2) is 8.20. The summed E-state index contributed by atoms with van der Waals surface area (Å²) < 4.78 is 17.9. The van der Waals surface area contributed by atoms with Crippen LogP contribution in [0.3, 0.4) is 0 Å². The van der Waals surface area contributed by atoms with E-state index in [-0.39, 0.29) is 5.60 Å². The molecule has 3 aromatic carbocycles. The molecule has 3 aromatic rings. The molecule has 0 aromatic heterocycles. The van der Waals surface area contributed by atoms with Crippen molar-refractivity contribution in [2.75, 3.05) is 32.8 Å². The molecule has 1 saturated heterocycles. The first-order chi connectivity index (χ1) is 16.1. The van der Waals surface area contributed by atoms with Crippen molar-refractivity contribution in [1.82, 2.24) is 4.90 Å². The summed E-state index contributed by atoms with van der Waals surface area (Å²) in [5, 5.41) is 24.0. The highest BCUT2D eigenvalue weighted by Crippen LogP contribution is 2.47. The Labute approximate surface area is 193 Å². The molecule has 33 heavy (non-hydrogen) atoms. The maximum absolute atomic E-state index is 10.9. The predicted molar refractivity (Wildman–Crippen MR) is 125 cm³/mol. The monoisotopic (exact) mass is 447 g/mol. The van der Waals surface area contributed by atoms with Gasteiger partial charge in [0.05, 0.1) is 12.2 Å². The maximum atomic E-state index is 10.9. The number of ether oxygens (including phenoxy) is 3. The normalized spacial score (nSPS) is 22.5. The Balaban J connectivity index is 1.15. The standard InChI is InChI=1S/C27H29NO5/c29-22-16-27(33-26-20-4-2-1-3-18(20)5-7-21(22)26)9-11-28(12-10-27)17-23(30)19-6-8-24-25(15-19)32-14-13-31-24/h1-8,15,22-23,29-30H,9-14,16-17H2/t22-,23-/m1/s1. The number of aliphatic hydroxyl groups is 2. The molecule has 0 unspecified atom stereocenters. The third-order valence-electron chi connectivity index (χ3n) is 7.30. The zero-order valence-electron chi connectivity index (χ0n) is 18.6. The largest absolute Gasteiger partial charge is 0.486 e. The van der Waals surface area contributed by atoms with Crippen LogP contribution in [0.15, 0.2) is 54.6 Å². The summed E-state index contributed by atoms with van der Waals surface area (Å²) in [6.45, 7) is 3.27. The van der Waals surface area contributed by atoms with Gasteiger partial charge in [0.25, 0.3) is 0 Å². The van der Waals surface area contributed by atoms with Gasteiger partial charge in [0.2, 0.25) is 0 Å². The van der Waals surface area contributed by atoms with Crippen molar-refractivity contribution in [3.8, 4) is 17.2 Å². The molecule has 2 N–H and O–H groups in total. The molecule has 0 aliphatic carbocycles. The van der Waals surface area contributed by atoms with Crippen LogP contribution < -0.4 is 14.2 Å². The third kappa shape index (κ3) is 3.82. The fourth-order valence-corrected chi connectivity index (χ4v) is 5.42. The highest BCUT2D eigenvalue weighted by Gasteiger charge is 2.43. The number of hydrogen-bond donors (Lipinski definition) is 2. The van der Waals surface area contributed by atoms with Gasteiger partial charge < -0.3 is 29.3 Å². The molecule has 1 spiro atoms. The molecule has 3 heterocycles. The van der Waals surface area contributed by atoms with E-state index in [1.165, 1.54) is 0 Å². The smallest absolute Gasteiger partial charge is 0.161 e. The summed E-state index contributed by atoms with van der Waals surface area (Å²) in [5.41, 5.74) is 1.36. The maximum Gasteiger partial charge on any atom is 0.161 e. The van der Waals surface area contributed by atoms with Crippen molar-refractivity contribution in [3.05, 3.63) is 65.7 Å². The van der Waals surface area contributed by atoms with Crippen molar-refractivity contribution in [1.29, 1.82) is 0 Å². The summed E-state index contributed by atoms with van der Waals surface area (Å²) in [4.78, 5) is 2.28. The minimum atomic E-state index is -0.600. The molecule has 0 radical (unpaired) electrons. The van der Waals surface area contributed by atoms with Gasteiger partial charge in [-0.25, -0.2) is 0 Å². The first kappa shape index (κ1) is 20.8. The number of nitrogens with zero attached hydrogens (tertiary/aromatic N) is 1. The van der Waals surface area contributed by atoms with E-state index in [1.807, 2.05) is 36.4 Å². The number of β-amino-alcohol motifs (C(OH)–C–C–N with tert-alkyl or cyclic N) is 1. The summed E-state index contributed by atoms with van der Waals surface area (Å²) in [7, 11) is 0. The number of rotatable bonds is 3. The van der Waals surface area contributed by atoms with E-state index in [2.05, 4.69) is 23.1 Å². The molecular formula is C27H29NO5. The Hall–Kier alpha value is -2.80. The quantitative estimate of drug-likeness (QED) is 0.633. The second-order valence-electron chi connectivity index (χ2n) is 9.43. The average Bonchev–Trinajstić information content (AvgIpc) is 2.85. The molecule has 1 fully saturated rings. The van der Waals surface area contributed by atoms with Crippen LogP contribution in [0.4, 0.5) is 0 Å². The minimum absolute atomic E-state index is 0.366. The third-order valence-corrected chi connectivity index (χ3v) is 7.30. The van der Waals surface area contributed by atoms with Crippen LogP contribution in [0, 0.1) is 0 Å². The van der Waals surface area contributed by atoms with Gasteiger partial charge in [0, 0.05) is 37.0 Å². The van der Waals surface area contributed by atoms with E-state index in [1.54, 1.807) is 0 Å². The van der Waals surface area contributed by atoms with E-state index in [0.717, 1.165) is 59.3 Å². The predicted octanol–water partition coefficient (Wildman–Crippen LogP) is 4.00. The summed E-state index contributed by atoms with van der Waals surface area (Å²) in [6, 6.07) is 17.9. The van der Waals surface area contributed by atoms with Crippen molar-refractivity contribution in [2.45, 2.75) is 37.1 Å². The van der Waals surface area contributed by atoms with E-state index >= 15 is 0 Å². The van der Waals surface area contributed by atoms with Gasteiger partial charge in [-0.05, 0) is 35.9 Å². The number of benzene rings is 3. The van der Waals surface area contributed by atoms with Gasteiger partial charge in [-0.2, -0.15) is 0 Å². The molecule has 172 valence electrons. The van der Waals surface area contributed by atoms with E-state index < -0.39 is 12.2 Å². The minimum Gasteiger partial charge on any atom is -0.486 e. The molecule has 0 amide bonds. The van der Waals surface area contributed by atoms with Gasteiger partial charge in [-0.1, -0.05) is 42.5 Å². The van der Waals surface area contributed by atoms with Crippen LogP contribution in [-0.4, -0.2) is 53.6 Å². The molecule has 0 bridgehead atoms. The Morgan fingerprint density at radius 2 is 1.76 bits per heavy atom.